The molecule has 11 heteroatoms. The Morgan fingerprint density at radius 2 is 1.86 bits per heavy atom. The number of carbonyl (C=O) groups is 3. The Kier molecular flexibility index (Phi) is 7.87. The van der Waals surface area contributed by atoms with Gasteiger partial charge in [-0.15, -0.1) is 0 Å². The number of alkyl carbamates (subject to hydrolysis) is 1. The second-order valence-corrected chi connectivity index (χ2v) is 8.35. The quantitative estimate of drug-likeness (QED) is 0.252. The first-order valence-corrected chi connectivity index (χ1v) is 9.24. The topological polar surface area (TPSA) is 160 Å². The van der Waals surface area contributed by atoms with E-state index in [1.165, 1.54) is 37.1 Å². The van der Waals surface area contributed by atoms with Gasteiger partial charge in [-0.25, -0.2) is 15.4 Å². The molecule has 2 amide bonds. The molecule has 0 aromatic rings. The Morgan fingerprint density at radius 3 is 2.31 bits per heavy atom. The molecule has 6 N–H and O–H groups in total. The zero-order chi connectivity index (χ0) is 22.6. The summed E-state index contributed by atoms with van der Waals surface area (Å²) in [7, 11) is 1.22. The highest BCUT2D eigenvalue weighted by Gasteiger charge is 2.43. The maximum Gasteiger partial charge on any atom is 0.408 e. The number of hydrogen-bond donors (Lipinski definition) is 4. The van der Waals surface area contributed by atoms with Gasteiger partial charge in [0.05, 0.1) is 18.8 Å². The number of methoxy groups -OCH3 is 1. The maximum absolute atomic E-state index is 12.7. The standard InChI is InChI=1S/C18H33N5O6/c1-17(2,3)29-16(26)21-9-14(24)22-10-11(7-12(22)15(25)28-6)23(20)13(8-19)18(4,5)27/h8,11-12,27H,7,9-10,19-20H2,1-6H3,(H,21,26)/b13-8-. The number of rotatable bonds is 6. The molecule has 1 heterocycles. The minimum Gasteiger partial charge on any atom is -0.467 e. The van der Waals surface area contributed by atoms with Crippen molar-refractivity contribution >= 4 is 18.0 Å². The summed E-state index contributed by atoms with van der Waals surface area (Å²) in [6.45, 7) is 7.87. The van der Waals surface area contributed by atoms with E-state index in [1.807, 2.05) is 0 Å². The van der Waals surface area contributed by atoms with Crippen molar-refractivity contribution < 1.29 is 29.0 Å². The zero-order valence-electron chi connectivity index (χ0n) is 17.9. The van der Waals surface area contributed by atoms with Gasteiger partial charge in [0, 0.05) is 19.2 Å². The van der Waals surface area contributed by atoms with Gasteiger partial charge in [0.1, 0.15) is 23.8 Å². The number of hydrazine groups is 1. The fraction of sp³-hybridized carbons (Fsp3) is 0.722. The van der Waals surface area contributed by atoms with Crippen LogP contribution in [0.25, 0.3) is 0 Å². The van der Waals surface area contributed by atoms with E-state index >= 15 is 0 Å². The van der Waals surface area contributed by atoms with Gasteiger partial charge >= 0.3 is 12.1 Å². The summed E-state index contributed by atoms with van der Waals surface area (Å²) in [5.74, 6) is 5.02. The van der Waals surface area contributed by atoms with Crippen LogP contribution in [0.4, 0.5) is 4.79 Å². The fourth-order valence-electron chi connectivity index (χ4n) is 3.02. The number of hydrogen-bond acceptors (Lipinski definition) is 9. The number of nitrogens with two attached hydrogens (primary N) is 2. The summed E-state index contributed by atoms with van der Waals surface area (Å²) < 4.78 is 9.89. The smallest absolute Gasteiger partial charge is 0.408 e. The highest BCUT2D eigenvalue weighted by atomic mass is 16.6. The van der Waals surface area contributed by atoms with E-state index in [2.05, 4.69) is 5.32 Å². The third-order valence-electron chi connectivity index (χ3n) is 4.31. The SMILES string of the molecule is COC(=O)C1CC(N(N)/C(=C\N)C(C)(C)O)CN1C(=O)CNC(=O)OC(C)(C)C. The normalized spacial score (nSPS) is 20.3. The molecule has 29 heavy (non-hydrogen) atoms. The molecule has 0 bridgehead atoms. The lowest BCUT2D eigenvalue weighted by Gasteiger charge is -2.34. The molecule has 1 saturated heterocycles. The van der Waals surface area contributed by atoms with E-state index in [0.717, 1.165) is 0 Å². The van der Waals surface area contributed by atoms with Crippen LogP contribution in [0, 0.1) is 0 Å². The van der Waals surface area contributed by atoms with Crippen LogP contribution in [0.3, 0.4) is 0 Å². The van der Waals surface area contributed by atoms with E-state index in [-0.39, 0.29) is 25.2 Å². The van der Waals surface area contributed by atoms with Crippen molar-refractivity contribution in [2.75, 3.05) is 20.2 Å². The second-order valence-electron chi connectivity index (χ2n) is 8.35. The average molecular weight is 415 g/mol. The first-order valence-electron chi connectivity index (χ1n) is 9.24. The van der Waals surface area contributed by atoms with Crippen molar-refractivity contribution in [1.29, 1.82) is 0 Å². The van der Waals surface area contributed by atoms with Crippen LogP contribution in [0.15, 0.2) is 11.9 Å². The van der Waals surface area contributed by atoms with E-state index in [0.29, 0.717) is 0 Å². The highest BCUT2D eigenvalue weighted by Crippen LogP contribution is 2.27. The van der Waals surface area contributed by atoms with Gasteiger partial charge in [-0.2, -0.15) is 0 Å². The van der Waals surface area contributed by atoms with Crippen molar-refractivity contribution in [2.24, 2.45) is 11.6 Å². The molecule has 0 aromatic heterocycles. The molecule has 2 atom stereocenters. The first kappa shape index (κ1) is 24.5. The number of amides is 2. The van der Waals surface area contributed by atoms with E-state index in [4.69, 9.17) is 21.1 Å². The second kappa shape index (κ2) is 9.31. The van der Waals surface area contributed by atoms with Crippen molar-refractivity contribution in [2.45, 2.75) is 64.3 Å². The molecule has 0 spiro atoms. The van der Waals surface area contributed by atoms with Gasteiger partial charge in [0.2, 0.25) is 5.91 Å². The molecule has 1 aliphatic rings. The predicted octanol–water partition coefficient (Wildman–Crippen LogP) is -0.600. The molecule has 0 radical (unpaired) electrons. The Bertz CT molecular complexity index is 652. The lowest BCUT2D eigenvalue weighted by molar-refractivity contribution is -0.150. The Morgan fingerprint density at radius 1 is 1.28 bits per heavy atom. The number of likely N-dealkylation sites (tertiary alicyclic amines) is 1. The van der Waals surface area contributed by atoms with E-state index in [9.17, 15) is 19.5 Å². The van der Waals surface area contributed by atoms with Gasteiger partial charge in [0.15, 0.2) is 0 Å². The summed E-state index contributed by atoms with van der Waals surface area (Å²) >= 11 is 0. The van der Waals surface area contributed by atoms with Gasteiger partial charge in [-0.05, 0) is 34.6 Å². The van der Waals surface area contributed by atoms with Crippen molar-refractivity contribution in [3.8, 4) is 0 Å². The molecule has 0 aliphatic carbocycles. The summed E-state index contributed by atoms with van der Waals surface area (Å²) in [6.07, 6.45) is 0.614. The number of nitrogens with one attached hydrogen (secondary N) is 1. The van der Waals surface area contributed by atoms with Crippen LogP contribution in [0.2, 0.25) is 0 Å². The fourth-order valence-corrected chi connectivity index (χ4v) is 3.02. The van der Waals surface area contributed by atoms with Crippen LogP contribution in [0.5, 0.6) is 0 Å². The lowest BCUT2D eigenvalue weighted by Crippen LogP contribution is -2.49. The Balaban J connectivity index is 2.90. The minimum atomic E-state index is -1.32. The summed E-state index contributed by atoms with van der Waals surface area (Å²) in [5, 5.41) is 13.9. The molecule has 1 rings (SSSR count). The minimum absolute atomic E-state index is 0.0819. The summed E-state index contributed by atoms with van der Waals surface area (Å²) in [4.78, 5) is 37.9. The number of carbonyl (C=O) groups excluding carboxylic acids is 3. The third kappa shape index (κ3) is 6.79. The highest BCUT2D eigenvalue weighted by molar-refractivity contribution is 5.88. The van der Waals surface area contributed by atoms with E-state index in [1.54, 1.807) is 20.8 Å². The van der Waals surface area contributed by atoms with Crippen LogP contribution in [0.1, 0.15) is 41.0 Å². The van der Waals surface area contributed by atoms with Gasteiger partial charge in [-0.3, -0.25) is 4.79 Å². The van der Waals surface area contributed by atoms with Crippen LogP contribution < -0.4 is 16.9 Å². The van der Waals surface area contributed by atoms with Gasteiger partial charge in [0.25, 0.3) is 0 Å². The summed E-state index contributed by atoms with van der Waals surface area (Å²) in [5.41, 5.74) is 3.81. The van der Waals surface area contributed by atoms with E-state index < -0.39 is 41.3 Å². The molecule has 1 aliphatic heterocycles. The molecule has 1 fully saturated rings. The average Bonchev–Trinajstić information content (AvgIpc) is 3.02. The predicted molar refractivity (Wildman–Crippen MR) is 105 cm³/mol. The van der Waals surface area contributed by atoms with Crippen molar-refractivity contribution in [1.82, 2.24) is 15.2 Å². The van der Waals surface area contributed by atoms with Gasteiger partial charge in [-0.1, -0.05) is 0 Å². The molecule has 11 nitrogen and oxygen atoms in total. The molecular weight excluding hydrogens is 382 g/mol. The van der Waals surface area contributed by atoms with Crippen LogP contribution in [-0.2, 0) is 19.1 Å². The number of aliphatic hydroxyl groups is 1. The lowest BCUT2D eigenvalue weighted by atomic mass is 10.0. The van der Waals surface area contributed by atoms with Gasteiger partial charge < -0.3 is 35.5 Å². The molecule has 166 valence electrons. The molecule has 0 saturated carbocycles. The largest absolute Gasteiger partial charge is 0.467 e. The monoisotopic (exact) mass is 415 g/mol. The van der Waals surface area contributed by atoms with Crippen molar-refractivity contribution in [3.05, 3.63) is 11.9 Å². The molecule has 2 unspecified atom stereocenters. The van der Waals surface area contributed by atoms with Crippen LogP contribution >= 0.6 is 0 Å². The summed E-state index contributed by atoms with van der Waals surface area (Å²) in [6, 6.07) is -1.38. The zero-order valence-corrected chi connectivity index (χ0v) is 17.9. The van der Waals surface area contributed by atoms with Crippen LogP contribution in [-0.4, -0.2) is 76.5 Å². The number of nitrogens with zero attached hydrogens (tertiary/aromatic N) is 2. The number of ether oxygens (including phenoxy) is 2. The molecule has 0 aromatic carbocycles. The Hall–Kier alpha value is -2.53. The third-order valence-corrected chi connectivity index (χ3v) is 4.31. The maximum atomic E-state index is 12.7. The molecular formula is C18H33N5O6. The van der Waals surface area contributed by atoms with Crippen molar-refractivity contribution in [3.63, 3.8) is 0 Å². The first-order chi connectivity index (χ1) is 13.2. The Labute approximate surface area is 170 Å². The number of esters is 1.